The normalized spacial score (nSPS) is 20.2. The minimum Gasteiger partial charge on any atom is -0.388 e. The van der Waals surface area contributed by atoms with Gasteiger partial charge in [-0.1, -0.05) is 35.7 Å². The molecule has 0 saturated carbocycles. The standard InChI is InChI=1S/C15H21Cl2NO/c1-15(19,11-18-7-3-2-4-8-18)10-12-5-6-13(16)14(17)9-12/h5-6,9,19H,2-4,7-8,10-11H2,1H3. The third kappa shape index (κ3) is 4.64. The molecule has 1 unspecified atom stereocenters. The van der Waals surface area contributed by atoms with Gasteiger partial charge in [-0.05, 0) is 50.6 Å². The Kier molecular flexibility index (Phi) is 5.13. The van der Waals surface area contributed by atoms with Crippen LogP contribution in [-0.4, -0.2) is 35.2 Å². The molecule has 19 heavy (non-hydrogen) atoms. The van der Waals surface area contributed by atoms with Crippen LogP contribution in [0.1, 0.15) is 31.7 Å². The van der Waals surface area contributed by atoms with Crippen LogP contribution in [0.15, 0.2) is 18.2 Å². The number of likely N-dealkylation sites (tertiary alicyclic amines) is 1. The van der Waals surface area contributed by atoms with Crippen LogP contribution >= 0.6 is 23.2 Å². The summed E-state index contributed by atoms with van der Waals surface area (Å²) >= 11 is 11.9. The van der Waals surface area contributed by atoms with Crippen LogP contribution in [0, 0.1) is 0 Å². The number of piperidine rings is 1. The first kappa shape index (κ1) is 15.1. The van der Waals surface area contributed by atoms with Crippen LogP contribution in [0.25, 0.3) is 0 Å². The maximum Gasteiger partial charge on any atom is 0.0786 e. The monoisotopic (exact) mass is 301 g/mol. The van der Waals surface area contributed by atoms with Gasteiger partial charge in [-0.25, -0.2) is 0 Å². The zero-order valence-corrected chi connectivity index (χ0v) is 12.8. The van der Waals surface area contributed by atoms with Crippen molar-refractivity contribution in [3.63, 3.8) is 0 Å². The van der Waals surface area contributed by atoms with E-state index in [1.165, 1.54) is 19.3 Å². The first-order valence-electron chi connectivity index (χ1n) is 6.85. The first-order chi connectivity index (χ1) is 8.96. The molecule has 0 bridgehead atoms. The summed E-state index contributed by atoms with van der Waals surface area (Å²) in [6, 6.07) is 5.56. The fourth-order valence-corrected chi connectivity index (χ4v) is 3.07. The minimum atomic E-state index is -0.728. The molecule has 1 atom stereocenters. The van der Waals surface area contributed by atoms with E-state index >= 15 is 0 Å². The van der Waals surface area contributed by atoms with Gasteiger partial charge in [0, 0.05) is 13.0 Å². The highest BCUT2D eigenvalue weighted by Crippen LogP contribution is 2.25. The van der Waals surface area contributed by atoms with Crippen LogP contribution in [0.5, 0.6) is 0 Å². The Bertz CT molecular complexity index is 428. The average molecular weight is 302 g/mol. The molecule has 0 aliphatic carbocycles. The fourth-order valence-electron chi connectivity index (χ4n) is 2.74. The van der Waals surface area contributed by atoms with E-state index in [0.29, 0.717) is 23.0 Å². The van der Waals surface area contributed by atoms with Gasteiger partial charge in [0.25, 0.3) is 0 Å². The van der Waals surface area contributed by atoms with E-state index in [1.54, 1.807) is 6.07 Å². The third-order valence-corrected chi connectivity index (χ3v) is 4.32. The Morgan fingerprint density at radius 2 is 1.84 bits per heavy atom. The molecule has 2 nitrogen and oxygen atoms in total. The van der Waals surface area contributed by atoms with Gasteiger partial charge in [-0.15, -0.1) is 0 Å². The van der Waals surface area contributed by atoms with Gasteiger partial charge in [0.1, 0.15) is 0 Å². The van der Waals surface area contributed by atoms with Gasteiger partial charge in [0.05, 0.1) is 15.6 Å². The van der Waals surface area contributed by atoms with E-state index in [-0.39, 0.29) is 0 Å². The fraction of sp³-hybridized carbons (Fsp3) is 0.600. The molecule has 106 valence electrons. The van der Waals surface area contributed by atoms with Crippen molar-refractivity contribution in [2.45, 2.75) is 38.2 Å². The van der Waals surface area contributed by atoms with E-state index < -0.39 is 5.60 Å². The number of hydrogen-bond acceptors (Lipinski definition) is 2. The number of rotatable bonds is 4. The molecule has 1 aliphatic rings. The van der Waals surface area contributed by atoms with E-state index in [4.69, 9.17) is 23.2 Å². The lowest BCUT2D eigenvalue weighted by atomic mass is 9.95. The zero-order valence-electron chi connectivity index (χ0n) is 11.3. The third-order valence-electron chi connectivity index (χ3n) is 3.58. The van der Waals surface area contributed by atoms with E-state index in [9.17, 15) is 5.11 Å². The van der Waals surface area contributed by atoms with Crippen molar-refractivity contribution in [1.82, 2.24) is 4.90 Å². The summed E-state index contributed by atoms with van der Waals surface area (Å²) in [5.74, 6) is 0. The van der Waals surface area contributed by atoms with Crippen LogP contribution in [0.2, 0.25) is 10.0 Å². The van der Waals surface area contributed by atoms with Crippen LogP contribution in [0.4, 0.5) is 0 Å². The lowest BCUT2D eigenvalue weighted by Crippen LogP contribution is -2.44. The Balaban J connectivity index is 1.96. The van der Waals surface area contributed by atoms with Crippen molar-refractivity contribution >= 4 is 23.2 Å². The highest BCUT2D eigenvalue weighted by atomic mass is 35.5. The Morgan fingerprint density at radius 1 is 1.16 bits per heavy atom. The molecule has 1 saturated heterocycles. The van der Waals surface area contributed by atoms with Crippen molar-refractivity contribution in [2.75, 3.05) is 19.6 Å². The molecular weight excluding hydrogens is 281 g/mol. The summed E-state index contributed by atoms with van der Waals surface area (Å²) < 4.78 is 0. The summed E-state index contributed by atoms with van der Waals surface area (Å²) in [6.45, 7) is 4.80. The summed E-state index contributed by atoms with van der Waals surface area (Å²) in [4.78, 5) is 2.35. The van der Waals surface area contributed by atoms with Gasteiger partial charge >= 0.3 is 0 Å². The molecule has 0 aromatic heterocycles. The molecule has 1 fully saturated rings. The topological polar surface area (TPSA) is 23.5 Å². The van der Waals surface area contributed by atoms with Crippen molar-refractivity contribution in [3.05, 3.63) is 33.8 Å². The first-order valence-corrected chi connectivity index (χ1v) is 7.60. The van der Waals surface area contributed by atoms with Crippen molar-refractivity contribution in [2.24, 2.45) is 0 Å². The second-order valence-electron chi connectivity index (χ2n) is 5.76. The predicted octanol–water partition coefficient (Wildman–Crippen LogP) is 3.77. The molecule has 1 N–H and O–H groups in total. The van der Waals surface area contributed by atoms with Crippen LogP contribution in [0.3, 0.4) is 0 Å². The largest absolute Gasteiger partial charge is 0.388 e. The lowest BCUT2D eigenvalue weighted by molar-refractivity contribution is 0.0146. The Morgan fingerprint density at radius 3 is 2.47 bits per heavy atom. The molecule has 1 aromatic rings. The molecule has 1 heterocycles. The SMILES string of the molecule is CC(O)(Cc1ccc(Cl)c(Cl)c1)CN1CCCCC1. The summed E-state index contributed by atoms with van der Waals surface area (Å²) in [5.41, 5.74) is 0.297. The van der Waals surface area contributed by atoms with Gasteiger partial charge in [0.15, 0.2) is 0 Å². The number of nitrogens with zero attached hydrogens (tertiary/aromatic N) is 1. The highest BCUT2D eigenvalue weighted by Gasteiger charge is 2.25. The molecule has 0 amide bonds. The predicted molar refractivity (Wildman–Crippen MR) is 81.1 cm³/mol. The maximum absolute atomic E-state index is 10.6. The number of β-amino-alcohol motifs (C(OH)–C–C–N with tert-alkyl or cyclic N) is 1. The van der Waals surface area contributed by atoms with Gasteiger partial charge < -0.3 is 10.0 Å². The maximum atomic E-state index is 10.6. The summed E-state index contributed by atoms with van der Waals surface area (Å²) in [7, 11) is 0. The van der Waals surface area contributed by atoms with Gasteiger partial charge in [-0.2, -0.15) is 0 Å². The highest BCUT2D eigenvalue weighted by molar-refractivity contribution is 6.42. The molecule has 0 radical (unpaired) electrons. The average Bonchev–Trinajstić information content (AvgIpc) is 2.34. The molecule has 1 aromatic carbocycles. The van der Waals surface area contributed by atoms with E-state index in [0.717, 1.165) is 18.7 Å². The van der Waals surface area contributed by atoms with Crippen LogP contribution < -0.4 is 0 Å². The van der Waals surface area contributed by atoms with Crippen molar-refractivity contribution in [1.29, 1.82) is 0 Å². The van der Waals surface area contributed by atoms with Crippen LogP contribution in [-0.2, 0) is 6.42 Å². The Labute approximate surface area is 125 Å². The molecule has 0 spiro atoms. The lowest BCUT2D eigenvalue weighted by Gasteiger charge is -2.34. The second kappa shape index (κ2) is 6.45. The number of aliphatic hydroxyl groups is 1. The summed E-state index contributed by atoms with van der Waals surface area (Å²) in [5, 5.41) is 11.7. The minimum absolute atomic E-state index is 0.549. The molecule has 1 aliphatic heterocycles. The number of halogens is 2. The Hall–Kier alpha value is -0.280. The zero-order chi connectivity index (χ0) is 13.9. The van der Waals surface area contributed by atoms with Gasteiger partial charge in [0.2, 0.25) is 0 Å². The number of hydrogen-bond donors (Lipinski definition) is 1. The van der Waals surface area contributed by atoms with E-state index in [1.807, 2.05) is 19.1 Å². The molecule has 4 heteroatoms. The molecule has 2 rings (SSSR count). The van der Waals surface area contributed by atoms with Crippen molar-refractivity contribution in [3.8, 4) is 0 Å². The second-order valence-corrected chi connectivity index (χ2v) is 6.57. The van der Waals surface area contributed by atoms with Gasteiger partial charge in [-0.3, -0.25) is 0 Å². The molecular formula is C15H21Cl2NO. The van der Waals surface area contributed by atoms with E-state index in [2.05, 4.69) is 4.90 Å². The number of benzene rings is 1. The van der Waals surface area contributed by atoms with Crippen molar-refractivity contribution < 1.29 is 5.11 Å². The smallest absolute Gasteiger partial charge is 0.0786 e. The quantitative estimate of drug-likeness (QED) is 0.915. The summed E-state index contributed by atoms with van der Waals surface area (Å²) in [6.07, 6.45) is 4.39.